The SMILES string of the molecule is CCc1nnc(CCC(=O)OCc2ccccc2)n1C1CC2CCC(C1)N2CC[C@H](NC(=O)OC(C)(C)C)c1ccccc1. The summed E-state index contributed by atoms with van der Waals surface area (Å²) >= 11 is 0. The van der Waals surface area contributed by atoms with Crippen LogP contribution >= 0.6 is 0 Å². The van der Waals surface area contributed by atoms with Gasteiger partial charge < -0.3 is 19.4 Å². The Balaban J connectivity index is 1.20. The molecule has 9 nitrogen and oxygen atoms in total. The number of fused-ring (bicyclic) bond motifs is 2. The third-order valence-electron chi connectivity index (χ3n) is 8.74. The van der Waals surface area contributed by atoms with Crippen molar-refractivity contribution in [3.63, 3.8) is 0 Å². The molecule has 2 aliphatic heterocycles. The van der Waals surface area contributed by atoms with Gasteiger partial charge in [0.25, 0.3) is 0 Å². The zero-order chi connectivity index (χ0) is 31.1. The molecule has 5 rings (SSSR count). The molecule has 1 aromatic heterocycles. The van der Waals surface area contributed by atoms with E-state index in [4.69, 9.17) is 9.47 Å². The second-order valence-electron chi connectivity index (χ2n) is 13.0. The Labute approximate surface area is 261 Å². The van der Waals surface area contributed by atoms with Crippen molar-refractivity contribution in [2.45, 2.75) is 115 Å². The molecular formula is C35H47N5O4. The van der Waals surface area contributed by atoms with Crippen LogP contribution in [0.4, 0.5) is 4.79 Å². The van der Waals surface area contributed by atoms with E-state index in [0.717, 1.165) is 55.0 Å². The Morgan fingerprint density at radius 2 is 1.57 bits per heavy atom. The van der Waals surface area contributed by atoms with E-state index in [1.54, 1.807) is 0 Å². The van der Waals surface area contributed by atoms with Crippen LogP contribution in [0.15, 0.2) is 60.7 Å². The average Bonchev–Trinajstić information content (AvgIpc) is 3.53. The number of nitrogens with zero attached hydrogens (tertiary/aromatic N) is 4. The quantitative estimate of drug-likeness (QED) is 0.242. The van der Waals surface area contributed by atoms with Gasteiger partial charge in [0.15, 0.2) is 0 Å². The van der Waals surface area contributed by atoms with Crippen molar-refractivity contribution < 1.29 is 19.1 Å². The molecule has 3 heterocycles. The van der Waals surface area contributed by atoms with E-state index in [0.29, 0.717) is 24.5 Å². The topological polar surface area (TPSA) is 98.6 Å². The lowest BCUT2D eigenvalue weighted by Crippen LogP contribution is -2.45. The van der Waals surface area contributed by atoms with Crippen LogP contribution in [0, 0.1) is 0 Å². The molecule has 44 heavy (non-hydrogen) atoms. The van der Waals surface area contributed by atoms with Gasteiger partial charge in [-0.2, -0.15) is 0 Å². The first-order chi connectivity index (χ1) is 21.2. The van der Waals surface area contributed by atoms with E-state index in [-0.39, 0.29) is 31.1 Å². The Morgan fingerprint density at radius 1 is 0.932 bits per heavy atom. The number of aromatic nitrogens is 3. The van der Waals surface area contributed by atoms with Gasteiger partial charge in [0, 0.05) is 37.5 Å². The van der Waals surface area contributed by atoms with Crippen molar-refractivity contribution in [3.8, 4) is 0 Å². The predicted molar refractivity (Wildman–Crippen MR) is 169 cm³/mol. The first-order valence-electron chi connectivity index (χ1n) is 16.1. The highest BCUT2D eigenvalue weighted by molar-refractivity contribution is 5.69. The van der Waals surface area contributed by atoms with Gasteiger partial charge in [0.05, 0.1) is 12.5 Å². The fourth-order valence-electron chi connectivity index (χ4n) is 6.77. The first-order valence-corrected chi connectivity index (χ1v) is 16.1. The van der Waals surface area contributed by atoms with Crippen molar-refractivity contribution in [1.29, 1.82) is 0 Å². The maximum Gasteiger partial charge on any atom is 0.408 e. The van der Waals surface area contributed by atoms with Crippen LogP contribution in [-0.2, 0) is 33.7 Å². The van der Waals surface area contributed by atoms with Gasteiger partial charge in [0.2, 0.25) is 0 Å². The highest BCUT2D eigenvalue weighted by Gasteiger charge is 2.42. The largest absolute Gasteiger partial charge is 0.461 e. The van der Waals surface area contributed by atoms with Gasteiger partial charge in [-0.15, -0.1) is 10.2 Å². The molecule has 2 aromatic carbocycles. The van der Waals surface area contributed by atoms with E-state index in [1.165, 1.54) is 12.8 Å². The van der Waals surface area contributed by atoms with Crippen LogP contribution in [0.25, 0.3) is 0 Å². The lowest BCUT2D eigenvalue weighted by Gasteiger charge is -2.40. The molecule has 0 saturated carbocycles. The normalized spacial score (nSPS) is 20.7. The van der Waals surface area contributed by atoms with E-state index in [9.17, 15) is 9.59 Å². The summed E-state index contributed by atoms with van der Waals surface area (Å²) in [7, 11) is 0. The Hall–Kier alpha value is -3.72. The van der Waals surface area contributed by atoms with Crippen LogP contribution in [0.3, 0.4) is 0 Å². The molecule has 2 aliphatic rings. The van der Waals surface area contributed by atoms with Gasteiger partial charge in [-0.05, 0) is 64.0 Å². The maximum atomic E-state index is 12.7. The van der Waals surface area contributed by atoms with Crippen LogP contribution in [0.1, 0.15) is 101 Å². The number of amides is 1. The van der Waals surface area contributed by atoms with Crippen molar-refractivity contribution in [2.75, 3.05) is 6.54 Å². The maximum absolute atomic E-state index is 12.7. The zero-order valence-electron chi connectivity index (χ0n) is 26.6. The minimum absolute atomic E-state index is 0.124. The monoisotopic (exact) mass is 601 g/mol. The number of aryl methyl sites for hydroxylation is 2. The van der Waals surface area contributed by atoms with E-state index in [1.807, 2.05) is 69.3 Å². The number of piperidine rings is 1. The number of rotatable bonds is 12. The number of ether oxygens (including phenoxy) is 2. The summed E-state index contributed by atoms with van der Waals surface area (Å²) in [5, 5.41) is 12.2. The molecule has 0 aliphatic carbocycles. The summed E-state index contributed by atoms with van der Waals surface area (Å²) in [4.78, 5) is 27.9. The van der Waals surface area contributed by atoms with Gasteiger partial charge in [-0.1, -0.05) is 67.6 Å². The molecule has 2 unspecified atom stereocenters. The molecule has 1 amide bonds. The lowest BCUT2D eigenvalue weighted by atomic mass is 9.95. The van der Waals surface area contributed by atoms with Crippen LogP contribution in [0.5, 0.6) is 0 Å². The second kappa shape index (κ2) is 14.4. The summed E-state index contributed by atoms with van der Waals surface area (Å²) in [5.74, 6) is 1.65. The number of nitrogens with one attached hydrogen (secondary N) is 1. The van der Waals surface area contributed by atoms with Gasteiger partial charge >= 0.3 is 12.1 Å². The first kappa shape index (κ1) is 31.7. The standard InChI is InChI=1S/C35H47N5O4/c1-5-31-37-38-32(18-19-33(41)43-24-25-12-8-6-9-13-25)40(31)29-22-27-16-17-28(23-29)39(27)21-20-30(26-14-10-7-11-15-26)36-34(42)44-35(2,3)4/h6-15,27-30H,5,16-24H2,1-4H3,(H,36,42)/t27?,28?,29?,30-/m0/s1. The highest BCUT2D eigenvalue weighted by atomic mass is 16.6. The van der Waals surface area contributed by atoms with Crippen molar-refractivity contribution in [3.05, 3.63) is 83.4 Å². The number of carbonyl (C=O) groups is 2. The summed E-state index contributed by atoms with van der Waals surface area (Å²) in [5.41, 5.74) is 1.52. The zero-order valence-corrected chi connectivity index (χ0v) is 26.6. The summed E-state index contributed by atoms with van der Waals surface area (Å²) in [6.07, 6.45) is 6.43. The molecule has 2 bridgehead atoms. The minimum Gasteiger partial charge on any atom is -0.461 e. The van der Waals surface area contributed by atoms with Gasteiger partial charge in [0.1, 0.15) is 23.9 Å². The van der Waals surface area contributed by atoms with E-state index in [2.05, 4.69) is 44.0 Å². The third-order valence-corrected chi connectivity index (χ3v) is 8.74. The molecular weight excluding hydrogens is 554 g/mol. The summed E-state index contributed by atoms with van der Waals surface area (Å²) < 4.78 is 13.4. The highest BCUT2D eigenvalue weighted by Crippen LogP contribution is 2.42. The molecule has 3 atom stereocenters. The molecule has 0 radical (unpaired) electrons. The predicted octanol–water partition coefficient (Wildman–Crippen LogP) is 6.34. The minimum atomic E-state index is -0.548. The number of esters is 1. The summed E-state index contributed by atoms with van der Waals surface area (Å²) in [6.45, 7) is 8.95. The average molecular weight is 602 g/mol. The number of carbonyl (C=O) groups excluding carboxylic acids is 2. The number of benzene rings is 2. The summed E-state index contributed by atoms with van der Waals surface area (Å²) in [6, 6.07) is 21.0. The number of hydrogen-bond acceptors (Lipinski definition) is 7. The van der Waals surface area contributed by atoms with E-state index >= 15 is 0 Å². The Bertz CT molecular complexity index is 1360. The fourth-order valence-corrected chi connectivity index (χ4v) is 6.77. The van der Waals surface area contributed by atoms with Crippen molar-refractivity contribution in [1.82, 2.24) is 25.0 Å². The van der Waals surface area contributed by atoms with Crippen molar-refractivity contribution in [2.24, 2.45) is 0 Å². The lowest BCUT2D eigenvalue weighted by molar-refractivity contribution is -0.144. The molecule has 3 aromatic rings. The van der Waals surface area contributed by atoms with Crippen LogP contribution < -0.4 is 5.32 Å². The molecule has 2 fully saturated rings. The smallest absolute Gasteiger partial charge is 0.408 e. The third kappa shape index (κ3) is 8.25. The van der Waals surface area contributed by atoms with Crippen LogP contribution in [0.2, 0.25) is 0 Å². The second-order valence-corrected chi connectivity index (χ2v) is 13.0. The van der Waals surface area contributed by atoms with Gasteiger partial charge in [-0.3, -0.25) is 9.69 Å². The number of hydrogen-bond donors (Lipinski definition) is 1. The van der Waals surface area contributed by atoms with Gasteiger partial charge in [-0.25, -0.2) is 4.79 Å². The molecule has 1 N–H and O–H groups in total. The molecule has 0 spiro atoms. The van der Waals surface area contributed by atoms with Crippen LogP contribution in [-0.4, -0.2) is 56.0 Å². The Kier molecular flexibility index (Phi) is 10.4. The fraction of sp³-hybridized carbons (Fsp3) is 0.543. The van der Waals surface area contributed by atoms with E-state index < -0.39 is 5.60 Å². The Morgan fingerprint density at radius 3 is 2.20 bits per heavy atom. The van der Waals surface area contributed by atoms with Crippen molar-refractivity contribution >= 4 is 12.1 Å². The molecule has 9 heteroatoms. The molecule has 236 valence electrons. The molecule has 2 saturated heterocycles. The number of alkyl carbamates (subject to hydrolysis) is 1.